The Hall–Kier alpha value is -2.96. The maximum atomic E-state index is 11.0. The highest BCUT2D eigenvalue weighted by atomic mass is 35.5. The van der Waals surface area contributed by atoms with E-state index >= 15 is 0 Å². The first kappa shape index (κ1) is 24.2. The van der Waals surface area contributed by atoms with E-state index in [1.165, 1.54) is 11.9 Å². The van der Waals surface area contributed by atoms with Gasteiger partial charge in [-0.1, -0.05) is 23.7 Å². The molecule has 34 heavy (non-hydrogen) atoms. The zero-order valence-corrected chi connectivity index (χ0v) is 20.3. The summed E-state index contributed by atoms with van der Waals surface area (Å²) in [6, 6.07) is 15.3. The molecule has 0 radical (unpaired) electrons. The number of anilines is 5. The van der Waals surface area contributed by atoms with Crippen molar-refractivity contribution >= 4 is 50.6 Å². The van der Waals surface area contributed by atoms with Gasteiger partial charge in [-0.3, -0.25) is 0 Å². The van der Waals surface area contributed by atoms with E-state index < -0.39 is 10.2 Å². The lowest BCUT2D eigenvalue weighted by molar-refractivity contribution is 0.313. The molecule has 1 saturated heterocycles. The standard InChI is InChI=1S/C22H27ClN8O2S/c1-30-10-12-31(13-11-30)19-8-6-18(7-9-19)28-22-25-15-20(23)21(29-22)27-17-4-2-16(3-5-17)14-26-34(24,32)33/h2-9,15,26H,10-14H2,1H3,(H2,24,32,33)(H2,25,27,28,29). The van der Waals surface area contributed by atoms with Crippen LogP contribution in [0.2, 0.25) is 5.02 Å². The molecule has 1 aliphatic rings. The zero-order valence-electron chi connectivity index (χ0n) is 18.7. The van der Waals surface area contributed by atoms with Gasteiger partial charge in [-0.15, -0.1) is 0 Å². The van der Waals surface area contributed by atoms with E-state index in [1.54, 1.807) is 24.3 Å². The van der Waals surface area contributed by atoms with E-state index in [9.17, 15) is 8.42 Å². The maximum Gasteiger partial charge on any atom is 0.274 e. The Morgan fingerprint density at radius 3 is 2.24 bits per heavy atom. The summed E-state index contributed by atoms with van der Waals surface area (Å²) in [5.74, 6) is 0.858. The predicted octanol–water partition coefficient (Wildman–Crippen LogP) is 2.66. The van der Waals surface area contributed by atoms with Crippen LogP contribution in [0.1, 0.15) is 5.56 Å². The van der Waals surface area contributed by atoms with Gasteiger partial charge >= 0.3 is 0 Å². The van der Waals surface area contributed by atoms with Gasteiger partial charge in [0.15, 0.2) is 5.82 Å². The summed E-state index contributed by atoms with van der Waals surface area (Å²) in [4.78, 5) is 13.5. The molecule has 3 aromatic rings. The molecular weight excluding hydrogens is 476 g/mol. The maximum absolute atomic E-state index is 11.0. The molecule has 5 N–H and O–H groups in total. The minimum Gasteiger partial charge on any atom is -0.369 e. The molecular formula is C22H27ClN8O2S. The Bertz CT molecular complexity index is 1210. The van der Waals surface area contributed by atoms with Crippen molar-refractivity contribution in [2.75, 3.05) is 48.8 Å². The van der Waals surface area contributed by atoms with Gasteiger partial charge in [0.25, 0.3) is 10.2 Å². The Morgan fingerprint density at radius 1 is 0.971 bits per heavy atom. The van der Waals surface area contributed by atoms with E-state index in [0.29, 0.717) is 16.8 Å². The first-order valence-corrected chi connectivity index (χ1v) is 12.6. The second-order valence-electron chi connectivity index (χ2n) is 8.04. The third kappa shape index (κ3) is 6.78. The van der Waals surface area contributed by atoms with Crippen molar-refractivity contribution in [2.24, 2.45) is 5.14 Å². The number of aromatic nitrogens is 2. The number of rotatable bonds is 8. The van der Waals surface area contributed by atoms with Crippen LogP contribution < -0.4 is 25.4 Å². The van der Waals surface area contributed by atoms with Gasteiger partial charge in [0.05, 0.1) is 6.20 Å². The molecule has 2 heterocycles. The molecule has 0 bridgehead atoms. The summed E-state index contributed by atoms with van der Waals surface area (Å²) in [7, 11) is -1.60. The predicted molar refractivity (Wildman–Crippen MR) is 136 cm³/mol. The lowest BCUT2D eigenvalue weighted by Gasteiger charge is -2.34. The van der Waals surface area contributed by atoms with E-state index in [2.05, 4.69) is 54.3 Å². The van der Waals surface area contributed by atoms with Crippen LogP contribution >= 0.6 is 11.6 Å². The van der Waals surface area contributed by atoms with Gasteiger partial charge in [-0.2, -0.15) is 18.1 Å². The van der Waals surface area contributed by atoms with Crippen LogP contribution in [0.3, 0.4) is 0 Å². The SMILES string of the molecule is CN1CCN(c2ccc(Nc3ncc(Cl)c(Nc4ccc(CNS(N)(=O)=O)cc4)n3)cc2)CC1. The third-order valence-electron chi connectivity index (χ3n) is 5.43. The van der Waals surface area contributed by atoms with Crippen molar-refractivity contribution in [2.45, 2.75) is 6.54 Å². The summed E-state index contributed by atoms with van der Waals surface area (Å²) < 4.78 is 24.3. The molecule has 0 spiro atoms. The molecule has 12 heteroatoms. The van der Waals surface area contributed by atoms with Gasteiger partial charge in [-0.05, 0) is 49.0 Å². The molecule has 1 aliphatic heterocycles. The minimum absolute atomic E-state index is 0.106. The molecule has 0 unspecified atom stereocenters. The van der Waals surface area contributed by atoms with Crippen LogP contribution in [0.25, 0.3) is 0 Å². The number of benzene rings is 2. The van der Waals surface area contributed by atoms with Gasteiger partial charge in [0, 0.05) is 49.8 Å². The van der Waals surface area contributed by atoms with Crippen LogP contribution in [0.15, 0.2) is 54.7 Å². The average molecular weight is 503 g/mol. The summed E-state index contributed by atoms with van der Waals surface area (Å²) in [5.41, 5.74) is 3.57. The summed E-state index contributed by atoms with van der Waals surface area (Å²) in [5, 5.41) is 11.7. The van der Waals surface area contributed by atoms with Crippen LogP contribution in [0, 0.1) is 0 Å². The third-order valence-corrected chi connectivity index (χ3v) is 6.25. The fourth-order valence-corrected chi connectivity index (χ4v) is 4.00. The molecule has 180 valence electrons. The van der Waals surface area contributed by atoms with Gasteiger partial charge in [0.2, 0.25) is 5.95 Å². The van der Waals surface area contributed by atoms with Crippen molar-refractivity contribution in [1.82, 2.24) is 19.6 Å². The number of halogens is 1. The Labute approximate surface area is 204 Å². The average Bonchev–Trinajstić information content (AvgIpc) is 2.81. The Morgan fingerprint density at radius 2 is 1.59 bits per heavy atom. The fourth-order valence-electron chi connectivity index (χ4n) is 3.49. The van der Waals surface area contributed by atoms with Crippen LogP contribution in [-0.2, 0) is 16.8 Å². The molecule has 2 aromatic carbocycles. The topological polar surface area (TPSA) is 129 Å². The summed E-state index contributed by atoms with van der Waals surface area (Å²) in [6.07, 6.45) is 1.53. The molecule has 10 nitrogen and oxygen atoms in total. The highest BCUT2D eigenvalue weighted by Crippen LogP contribution is 2.26. The number of likely N-dealkylation sites (N-methyl/N-ethyl adjacent to an activating group) is 1. The van der Waals surface area contributed by atoms with E-state index in [1.807, 2.05) is 12.1 Å². The largest absolute Gasteiger partial charge is 0.369 e. The van der Waals surface area contributed by atoms with Crippen molar-refractivity contribution in [3.8, 4) is 0 Å². The van der Waals surface area contributed by atoms with Crippen LogP contribution in [-0.4, -0.2) is 56.5 Å². The van der Waals surface area contributed by atoms with Gasteiger partial charge < -0.3 is 20.4 Å². The van der Waals surface area contributed by atoms with Crippen LogP contribution in [0.5, 0.6) is 0 Å². The number of piperazine rings is 1. The zero-order chi connectivity index (χ0) is 24.1. The molecule has 0 amide bonds. The molecule has 4 rings (SSSR count). The first-order valence-electron chi connectivity index (χ1n) is 10.7. The van der Waals surface area contributed by atoms with Crippen molar-refractivity contribution in [1.29, 1.82) is 0 Å². The summed E-state index contributed by atoms with van der Waals surface area (Å²) >= 11 is 6.28. The molecule has 0 saturated carbocycles. The van der Waals surface area contributed by atoms with Crippen molar-refractivity contribution in [3.63, 3.8) is 0 Å². The lowest BCUT2D eigenvalue weighted by atomic mass is 10.2. The summed E-state index contributed by atoms with van der Waals surface area (Å²) in [6.45, 7) is 4.26. The first-order chi connectivity index (χ1) is 16.2. The lowest BCUT2D eigenvalue weighted by Crippen LogP contribution is -2.44. The highest BCUT2D eigenvalue weighted by Gasteiger charge is 2.14. The number of nitrogens with two attached hydrogens (primary N) is 1. The normalized spacial score (nSPS) is 14.7. The van der Waals surface area contributed by atoms with E-state index in [-0.39, 0.29) is 6.54 Å². The number of nitrogens with zero attached hydrogens (tertiary/aromatic N) is 4. The van der Waals surface area contributed by atoms with Crippen molar-refractivity contribution in [3.05, 3.63) is 65.3 Å². The number of hydrogen-bond donors (Lipinski definition) is 4. The molecule has 0 atom stereocenters. The molecule has 1 aromatic heterocycles. The Kier molecular flexibility index (Phi) is 7.49. The number of nitrogens with one attached hydrogen (secondary N) is 3. The second kappa shape index (κ2) is 10.5. The Balaban J connectivity index is 1.39. The molecule has 0 aliphatic carbocycles. The van der Waals surface area contributed by atoms with Crippen molar-refractivity contribution < 1.29 is 8.42 Å². The quantitative estimate of drug-likeness (QED) is 0.370. The van der Waals surface area contributed by atoms with Gasteiger partial charge in [0.1, 0.15) is 5.02 Å². The molecule has 1 fully saturated rings. The fraction of sp³-hybridized carbons (Fsp3) is 0.273. The minimum atomic E-state index is -3.74. The highest BCUT2D eigenvalue weighted by molar-refractivity contribution is 7.87. The number of hydrogen-bond acceptors (Lipinski definition) is 8. The second-order valence-corrected chi connectivity index (χ2v) is 9.83. The van der Waals surface area contributed by atoms with E-state index in [4.69, 9.17) is 16.7 Å². The monoisotopic (exact) mass is 502 g/mol. The van der Waals surface area contributed by atoms with Gasteiger partial charge in [-0.25, -0.2) is 10.1 Å². The van der Waals surface area contributed by atoms with Crippen LogP contribution in [0.4, 0.5) is 28.8 Å². The van der Waals surface area contributed by atoms with E-state index in [0.717, 1.165) is 43.1 Å². The smallest absolute Gasteiger partial charge is 0.274 e.